The highest BCUT2D eigenvalue weighted by atomic mass is 16.6. The second-order valence-electron chi connectivity index (χ2n) is 13.9. The average Bonchev–Trinajstić information content (AvgIpc) is 3.32. The van der Waals surface area contributed by atoms with Crippen LogP contribution in [0, 0.1) is 17.9 Å². The Kier molecular flexibility index (Phi) is 18.1. The zero-order valence-corrected chi connectivity index (χ0v) is 34.1. The summed E-state index contributed by atoms with van der Waals surface area (Å²) in [6, 6.07) is 63.8. The van der Waals surface area contributed by atoms with Crippen LogP contribution in [-0.4, -0.2) is 72.2 Å². The molecule has 60 heavy (non-hydrogen) atoms. The minimum Gasteiger partial charge on any atom is -0.377 e. The van der Waals surface area contributed by atoms with E-state index in [-0.39, 0.29) is 19.6 Å². The summed E-state index contributed by atoms with van der Waals surface area (Å²) in [4.78, 5) is 0. The van der Waals surface area contributed by atoms with Gasteiger partial charge in [-0.15, -0.1) is 0 Å². The predicted octanol–water partition coefficient (Wildman–Crippen LogP) is 9.53. The fourth-order valence-corrected chi connectivity index (χ4v) is 7.26. The van der Waals surface area contributed by atoms with Gasteiger partial charge < -0.3 is 33.2 Å². The Morgan fingerprint density at radius 1 is 0.383 bits per heavy atom. The minimum atomic E-state index is -0.800. The number of hydrogen-bond donors (Lipinski definition) is 0. The van der Waals surface area contributed by atoms with Crippen molar-refractivity contribution in [1.82, 2.24) is 0 Å². The molecule has 0 atom stereocenters. The normalized spacial score (nSPS) is 11.7. The van der Waals surface area contributed by atoms with Crippen LogP contribution in [-0.2, 0) is 44.4 Å². The molecule has 309 valence electrons. The van der Waals surface area contributed by atoms with E-state index in [9.17, 15) is 0 Å². The van der Waals surface area contributed by atoms with Crippen molar-refractivity contribution >= 4 is 0 Å². The molecular weight excluding hydrogens is 751 g/mol. The fourth-order valence-electron chi connectivity index (χ4n) is 7.26. The van der Waals surface area contributed by atoms with Crippen molar-refractivity contribution in [3.05, 3.63) is 222 Å². The van der Waals surface area contributed by atoms with Crippen LogP contribution < -0.4 is 0 Å². The lowest BCUT2D eigenvalue weighted by molar-refractivity contribution is -0.0674. The number of nitriles is 1. The SMILES string of the molecule is N#CC[CH]OC(COCCOCCOC(c1ccccc1)(c1ccccc1)c1ccccc1)COCCOCCOC(c1ccccc1)(c1ccccc1)c1ccccc1. The zero-order valence-electron chi connectivity index (χ0n) is 34.1. The summed E-state index contributed by atoms with van der Waals surface area (Å²) in [5.41, 5.74) is 4.65. The molecule has 0 saturated heterocycles. The Bertz CT molecular complexity index is 1730. The van der Waals surface area contributed by atoms with Crippen LogP contribution in [0.1, 0.15) is 39.8 Å². The molecule has 0 fully saturated rings. The van der Waals surface area contributed by atoms with Crippen molar-refractivity contribution < 1.29 is 33.2 Å². The number of benzene rings is 6. The largest absolute Gasteiger partial charge is 0.377 e. The molecule has 8 heteroatoms. The highest BCUT2D eigenvalue weighted by molar-refractivity contribution is 5.48. The van der Waals surface area contributed by atoms with Gasteiger partial charge >= 0.3 is 0 Å². The van der Waals surface area contributed by atoms with Crippen molar-refractivity contribution in [3.63, 3.8) is 0 Å². The topological polar surface area (TPSA) is 88.4 Å². The monoisotopic (exact) mass is 804 g/mol. The van der Waals surface area contributed by atoms with Crippen molar-refractivity contribution in [2.75, 3.05) is 66.1 Å². The summed E-state index contributed by atoms with van der Waals surface area (Å²) >= 11 is 0. The molecule has 1 radical (unpaired) electrons. The lowest BCUT2D eigenvalue weighted by Gasteiger charge is -2.36. The third-order valence-corrected chi connectivity index (χ3v) is 9.99. The van der Waals surface area contributed by atoms with Gasteiger partial charge in [0.15, 0.2) is 0 Å². The van der Waals surface area contributed by atoms with Gasteiger partial charge in [-0.1, -0.05) is 182 Å². The van der Waals surface area contributed by atoms with Gasteiger partial charge in [0.05, 0.1) is 85.2 Å². The van der Waals surface area contributed by atoms with E-state index in [1.807, 2.05) is 109 Å². The molecule has 0 amide bonds. The Morgan fingerprint density at radius 2 is 0.650 bits per heavy atom. The molecule has 6 aromatic rings. The fraction of sp³-hybridized carbons (Fsp3) is 0.269. The second kappa shape index (κ2) is 24.6. The third-order valence-electron chi connectivity index (χ3n) is 9.99. The highest BCUT2D eigenvalue weighted by Crippen LogP contribution is 2.41. The van der Waals surface area contributed by atoms with Crippen molar-refractivity contribution in [2.45, 2.75) is 23.7 Å². The maximum Gasteiger partial charge on any atom is 0.143 e. The molecule has 6 rings (SSSR count). The van der Waals surface area contributed by atoms with Crippen LogP contribution in [0.3, 0.4) is 0 Å². The molecule has 0 N–H and O–H groups in total. The molecule has 6 aromatic carbocycles. The summed E-state index contributed by atoms with van der Waals surface area (Å²) in [6.45, 7) is 5.00. The molecule has 0 aliphatic carbocycles. The van der Waals surface area contributed by atoms with Gasteiger partial charge in [0.2, 0.25) is 0 Å². The first-order valence-electron chi connectivity index (χ1n) is 20.5. The summed E-state index contributed by atoms with van der Waals surface area (Å²) in [5.74, 6) is 0. The van der Waals surface area contributed by atoms with E-state index in [0.29, 0.717) is 52.9 Å². The number of nitrogens with zero attached hydrogens (tertiary/aromatic N) is 1. The van der Waals surface area contributed by atoms with E-state index >= 15 is 0 Å². The van der Waals surface area contributed by atoms with Crippen LogP contribution in [0.15, 0.2) is 182 Å². The first-order valence-corrected chi connectivity index (χ1v) is 20.5. The van der Waals surface area contributed by atoms with Crippen molar-refractivity contribution in [3.8, 4) is 6.07 Å². The summed E-state index contributed by atoms with van der Waals surface area (Å²) in [6.07, 6.45) is -0.230. The molecular formula is C52H54NO7. The summed E-state index contributed by atoms with van der Waals surface area (Å²) in [5, 5.41) is 9.02. The Hall–Kier alpha value is -5.47. The van der Waals surface area contributed by atoms with Crippen LogP contribution in [0.2, 0.25) is 0 Å². The molecule has 0 spiro atoms. The van der Waals surface area contributed by atoms with E-state index in [2.05, 4.69) is 78.9 Å². The molecule has 0 saturated carbocycles. The van der Waals surface area contributed by atoms with Crippen molar-refractivity contribution in [2.24, 2.45) is 0 Å². The Balaban J connectivity index is 0.926. The van der Waals surface area contributed by atoms with Gasteiger partial charge in [0.25, 0.3) is 0 Å². The Labute approximate surface area is 355 Å². The van der Waals surface area contributed by atoms with E-state index in [1.165, 1.54) is 6.61 Å². The number of hydrogen-bond acceptors (Lipinski definition) is 8. The maximum atomic E-state index is 9.02. The van der Waals surface area contributed by atoms with E-state index in [4.69, 9.17) is 38.4 Å². The minimum absolute atomic E-state index is 0.162. The van der Waals surface area contributed by atoms with Crippen molar-refractivity contribution in [1.29, 1.82) is 5.26 Å². The lowest BCUT2D eigenvalue weighted by atomic mass is 9.80. The van der Waals surface area contributed by atoms with Gasteiger partial charge in [-0.2, -0.15) is 5.26 Å². The number of rotatable bonds is 27. The molecule has 0 aromatic heterocycles. The standard InChI is InChI=1S/C52H54NO7/c53-32-19-33-58-50(42-56-36-34-54-38-40-59-51(44-20-7-1-8-21-44,45-22-9-2-10-23-45)46-24-11-3-12-25-46)43-57-37-35-55-39-41-60-52(47-26-13-4-14-27-47,48-28-15-5-16-29-48)49-30-17-6-18-31-49/h1-18,20-31,33,50H,19,34-43H2. The lowest BCUT2D eigenvalue weighted by Crippen LogP contribution is -2.34. The van der Waals surface area contributed by atoms with Crippen LogP contribution in [0.5, 0.6) is 0 Å². The average molecular weight is 805 g/mol. The third kappa shape index (κ3) is 12.1. The first-order chi connectivity index (χ1) is 29.8. The molecule has 0 heterocycles. The van der Waals surface area contributed by atoms with Crippen LogP contribution in [0.25, 0.3) is 0 Å². The molecule has 0 unspecified atom stereocenters. The Morgan fingerprint density at radius 3 is 0.933 bits per heavy atom. The molecule has 0 aliphatic heterocycles. The summed E-state index contributed by atoms with van der Waals surface area (Å²) in [7, 11) is 0. The predicted molar refractivity (Wildman–Crippen MR) is 233 cm³/mol. The quantitative estimate of drug-likeness (QED) is 0.0376. The molecule has 8 nitrogen and oxygen atoms in total. The van der Waals surface area contributed by atoms with Gasteiger partial charge in [-0.3, -0.25) is 0 Å². The molecule has 0 aliphatic rings. The van der Waals surface area contributed by atoms with Gasteiger partial charge in [-0.25, -0.2) is 0 Å². The smallest absolute Gasteiger partial charge is 0.143 e. The zero-order chi connectivity index (χ0) is 41.4. The van der Waals surface area contributed by atoms with E-state index in [1.54, 1.807) is 0 Å². The molecule has 0 bridgehead atoms. The second-order valence-corrected chi connectivity index (χ2v) is 13.9. The number of ether oxygens (including phenoxy) is 7. The maximum absolute atomic E-state index is 9.02. The van der Waals surface area contributed by atoms with Crippen LogP contribution >= 0.6 is 0 Å². The van der Waals surface area contributed by atoms with Gasteiger partial charge in [-0.05, 0) is 33.4 Å². The van der Waals surface area contributed by atoms with E-state index < -0.39 is 17.3 Å². The van der Waals surface area contributed by atoms with Gasteiger partial charge in [0.1, 0.15) is 17.3 Å². The van der Waals surface area contributed by atoms with Crippen LogP contribution in [0.4, 0.5) is 0 Å². The first kappa shape index (κ1) is 44.1. The summed E-state index contributed by atoms with van der Waals surface area (Å²) < 4.78 is 43.1. The van der Waals surface area contributed by atoms with Gasteiger partial charge in [0, 0.05) is 0 Å². The van der Waals surface area contributed by atoms with E-state index in [0.717, 1.165) is 33.4 Å². The highest BCUT2D eigenvalue weighted by Gasteiger charge is 2.38.